The second kappa shape index (κ2) is 4.64. The highest BCUT2D eigenvalue weighted by Crippen LogP contribution is 2.30. The molecule has 94 valence electrons. The quantitative estimate of drug-likeness (QED) is 0.889. The van der Waals surface area contributed by atoms with Gasteiger partial charge in [-0.25, -0.2) is 4.98 Å². The molecule has 1 aromatic carbocycles. The van der Waals surface area contributed by atoms with Gasteiger partial charge in [-0.2, -0.15) is 13.2 Å². The normalized spacial score (nSPS) is 11.3. The molecule has 1 aromatic heterocycles. The van der Waals surface area contributed by atoms with Crippen LogP contribution in [0.4, 0.5) is 24.7 Å². The molecule has 0 radical (unpaired) electrons. The van der Waals surface area contributed by atoms with E-state index in [2.05, 4.69) is 15.3 Å². The Balaban J connectivity index is 2.16. The highest BCUT2D eigenvalue weighted by atomic mass is 19.4. The summed E-state index contributed by atoms with van der Waals surface area (Å²) < 4.78 is 37.1. The van der Waals surface area contributed by atoms with Crippen molar-refractivity contribution in [1.29, 1.82) is 0 Å². The molecule has 0 amide bonds. The van der Waals surface area contributed by atoms with Gasteiger partial charge < -0.3 is 5.32 Å². The van der Waals surface area contributed by atoms with E-state index in [-0.39, 0.29) is 0 Å². The minimum absolute atomic E-state index is 0.495. The van der Waals surface area contributed by atoms with Gasteiger partial charge >= 0.3 is 6.18 Å². The maximum atomic E-state index is 12.4. The van der Waals surface area contributed by atoms with Crippen LogP contribution in [0.2, 0.25) is 0 Å². The summed E-state index contributed by atoms with van der Waals surface area (Å²) in [5.74, 6) is 0.495. The molecule has 0 aliphatic rings. The number of hydrogen-bond donors (Lipinski definition) is 1. The molecule has 0 aliphatic heterocycles. The molecule has 0 atom stereocenters. The van der Waals surface area contributed by atoms with Crippen molar-refractivity contribution in [3.8, 4) is 0 Å². The number of rotatable bonds is 2. The van der Waals surface area contributed by atoms with E-state index in [0.717, 1.165) is 17.8 Å². The lowest BCUT2D eigenvalue weighted by Crippen LogP contribution is -2.04. The van der Waals surface area contributed by atoms with Gasteiger partial charge in [0.2, 0.25) is 0 Å². The summed E-state index contributed by atoms with van der Waals surface area (Å²) >= 11 is 0. The fourth-order valence-electron chi connectivity index (χ4n) is 1.41. The van der Waals surface area contributed by atoms with Crippen LogP contribution >= 0.6 is 0 Å². The van der Waals surface area contributed by atoms with Crippen molar-refractivity contribution < 1.29 is 13.2 Å². The Hall–Kier alpha value is -2.11. The van der Waals surface area contributed by atoms with Crippen molar-refractivity contribution in [2.45, 2.75) is 13.1 Å². The molecular formula is C12H10F3N3. The highest BCUT2D eigenvalue weighted by molar-refractivity contribution is 5.55. The van der Waals surface area contributed by atoms with Crippen molar-refractivity contribution in [3.05, 3.63) is 47.9 Å². The Morgan fingerprint density at radius 2 is 1.72 bits per heavy atom. The van der Waals surface area contributed by atoms with Crippen LogP contribution in [0, 0.1) is 6.92 Å². The Kier molecular flexibility index (Phi) is 3.18. The van der Waals surface area contributed by atoms with E-state index >= 15 is 0 Å². The fourth-order valence-corrected chi connectivity index (χ4v) is 1.41. The molecule has 0 spiro atoms. The second-order valence-electron chi connectivity index (χ2n) is 3.75. The molecule has 0 saturated heterocycles. The summed E-state index contributed by atoms with van der Waals surface area (Å²) in [6.07, 6.45) is -1.22. The number of halogens is 3. The standard InChI is InChI=1S/C12H10F3N3/c1-8-6-16-7-11(17-8)18-10-4-2-9(3-5-10)12(13,14)15/h2-7H,1H3,(H,17,18). The summed E-state index contributed by atoms with van der Waals surface area (Å²) in [5, 5.41) is 2.88. The highest BCUT2D eigenvalue weighted by Gasteiger charge is 2.29. The number of alkyl halides is 3. The largest absolute Gasteiger partial charge is 0.416 e. The van der Waals surface area contributed by atoms with E-state index in [9.17, 15) is 13.2 Å². The van der Waals surface area contributed by atoms with Crippen molar-refractivity contribution in [2.75, 3.05) is 5.32 Å². The molecule has 1 N–H and O–H groups in total. The first-order valence-electron chi connectivity index (χ1n) is 5.18. The molecule has 0 fully saturated rings. The lowest BCUT2D eigenvalue weighted by molar-refractivity contribution is -0.137. The number of anilines is 2. The molecular weight excluding hydrogens is 243 g/mol. The SMILES string of the molecule is Cc1cncc(Nc2ccc(C(F)(F)F)cc2)n1. The average Bonchev–Trinajstić information content (AvgIpc) is 2.28. The van der Waals surface area contributed by atoms with Gasteiger partial charge in [-0.1, -0.05) is 0 Å². The zero-order chi connectivity index (χ0) is 13.2. The van der Waals surface area contributed by atoms with Crippen LogP contribution in [0.5, 0.6) is 0 Å². The number of aryl methyl sites for hydroxylation is 1. The Morgan fingerprint density at radius 1 is 1.06 bits per heavy atom. The van der Waals surface area contributed by atoms with Crippen LogP contribution in [0.1, 0.15) is 11.3 Å². The van der Waals surface area contributed by atoms with Crippen molar-refractivity contribution in [1.82, 2.24) is 9.97 Å². The lowest BCUT2D eigenvalue weighted by Gasteiger charge is -2.09. The molecule has 3 nitrogen and oxygen atoms in total. The third kappa shape index (κ3) is 2.97. The minimum Gasteiger partial charge on any atom is -0.339 e. The zero-order valence-corrected chi connectivity index (χ0v) is 9.49. The number of nitrogens with one attached hydrogen (secondary N) is 1. The number of hydrogen-bond acceptors (Lipinski definition) is 3. The maximum absolute atomic E-state index is 12.4. The first kappa shape index (κ1) is 12.3. The Bertz CT molecular complexity index is 535. The van der Waals surface area contributed by atoms with Gasteiger partial charge in [0.1, 0.15) is 5.82 Å². The number of benzene rings is 1. The fraction of sp³-hybridized carbons (Fsp3) is 0.167. The molecule has 0 aliphatic carbocycles. The van der Waals surface area contributed by atoms with Crippen molar-refractivity contribution >= 4 is 11.5 Å². The van der Waals surface area contributed by atoms with Gasteiger partial charge in [0.05, 0.1) is 17.5 Å². The molecule has 18 heavy (non-hydrogen) atoms. The summed E-state index contributed by atoms with van der Waals surface area (Å²) in [4.78, 5) is 8.08. The smallest absolute Gasteiger partial charge is 0.339 e. The third-order valence-corrected chi connectivity index (χ3v) is 2.24. The monoisotopic (exact) mass is 253 g/mol. The maximum Gasteiger partial charge on any atom is 0.416 e. The van der Waals surface area contributed by atoms with Crippen molar-refractivity contribution in [2.24, 2.45) is 0 Å². The number of nitrogens with zero attached hydrogens (tertiary/aromatic N) is 2. The minimum atomic E-state index is -4.32. The van der Waals surface area contributed by atoms with Gasteiger partial charge in [-0.05, 0) is 31.2 Å². The molecule has 6 heteroatoms. The van der Waals surface area contributed by atoms with Crippen LogP contribution in [-0.4, -0.2) is 9.97 Å². The Morgan fingerprint density at radius 3 is 2.28 bits per heavy atom. The summed E-state index contributed by atoms with van der Waals surface area (Å²) in [6, 6.07) is 4.75. The molecule has 0 saturated carbocycles. The summed E-state index contributed by atoms with van der Waals surface area (Å²) in [6.45, 7) is 1.78. The second-order valence-corrected chi connectivity index (χ2v) is 3.75. The van der Waals surface area contributed by atoms with E-state index in [0.29, 0.717) is 11.5 Å². The van der Waals surface area contributed by atoms with E-state index in [4.69, 9.17) is 0 Å². The van der Waals surface area contributed by atoms with Crippen LogP contribution in [0.3, 0.4) is 0 Å². The van der Waals surface area contributed by atoms with E-state index in [1.807, 2.05) is 0 Å². The van der Waals surface area contributed by atoms with E-state index in [1.54, 1.807) is 13.1 Å². The third-order valence-electron chi connectivity index (χ3n) is 2.24. The predicted octanol–water partition coefficient (Wildman–Crippen LogP) is 3.55. The van der Waals surface area contributed by atoms with Crippen LogP contribution < -0.4 is 5.32 Å². The molecule has 0 bridgehead atoms. The number of aromatic nitrogens is 2. The van der Waals surface area contributed by atoms with Gasteiger partial charge in [-0.3, -0.25) is 4.98 Å². The topological polar surface area (TPSA) is 37.8 Å². The van der Waals surface area contributed by atoms with Gasteiger partial charge in [0.25, 0.3) is 0 Å². The molecule has 1 heterocycles. The van der Waals surface area contributed by atoms with Gasteiger partial charge in [0, 0.05) is 11.9 Å². The average molecular weight is 253 g/mol. The molecule has 2 aromatic rings. The summed E-state index contributed by atoms with van der Waals surface area (Å²) in [7, 11) is 0. The van der Waals surface area contributed by atoms with E-state index in [1.165, 1.54) is 18.3 Å². The van der Waals surface area contributed by atoms with Crippen LogP contribution in [0.15, 0.2) is 36.7 Å². The summed E-state index contributed by atoms with van der Waals surface area (Å²) in [5.41, 5.74) is 0.582. The predicted molar refractivity (Wildman–Crippen MR) is 61.5 cm³/mol. The Labute approximate surface area is 102 Å². The lowest BCUT2D eigenvalue weighted by atomic mass is 10.2. The van der Waals surface area contributed by atoms with Crippen LogP contribution in [0.25, 0.3) is 0 Å². The zero-order valence-electron chi connectivity index (χ0n) is 9.49. The molecule has 0 unspecified atom stereocenters. The van der Waals surface area contributed by atoms with E-state index < -0.39 is 11.7 Å². The van der Waals surface area contributed by atoms with Crippen LogP contribution in [-0.2, 0) is 6.18 Å². The van der Waals surface area contributed by atoms with Gasteiger partial charge in [0.15, 0.2) is 0 Å². The van der Waals surface area contributed by atoms with Gasteiger partial charge in [-0.15, -0.1) is 0 Å². The first-order chi connectivity index (χ1) is 8.45. The molecule has 2 rings (SSSR count). The van der Waals surface area contributed by atoms with Crippen molar-refractivity contribution in [3.63, 3.8) is 0 Å². The first-order valence-corrected chi connectivity index (χ1v) is 5.18.